The molecule has 2 nitrogen and oxygen atoms in total. The van der Waals surface area contributed by atoms with Crippen LogP contribution in [-0.4, -0.2) is 11.5 Å². The summed E-state index contributed by atoms with van der Waals surface area (Å²) >= 11 is 0. The van der Waals surface area contributed by atoms with Gasteiger partial charge in [0.2, 0.25) is 0 Å². The number of pyridine rings is 1. The third-order valence-corrected chi connectivity index (χ3v) is 2.80. The average Bonchev–Trinajstić information content (AvgIpc) is 2.36. The van der Waals surface area contributed by atoms with E-state index in [1.807, 2.05) is 32.0 Å². The fraction of sp³-hybridized carbons (Fsp3) is 0.267. The van der Waals surface area contributed by atoms with Crippen molar-refractivity contribution in [3.63, 3.8) is 0 Å². The summed E-state index contributed by atoms with van der Waals surface area (Å²) in [6, 6.07) is 7.29. The Balaban J connectivity index is 2.29. The Morgan fingerprint density at radius 3 is 2.72 bits per heavy atom. The van der Waals surface area contributed by atoms with Gasteiger partial charge in [0.15, 0.2) is 0 Å². The van der Waals surface area contributed by atoms with E-state index in [1.54, 1.807) is 18.5 Å². The molecule has 94 valence electrons. The molecule has 2 rings (SSSR count). The van der Waals surface area contributed by atoms with E-state index in [4.69, 9.17) is 0 Å². The molecule has 0 spiro atoms. The molecule has 1 heterocycles. The largest absolute Gasteiger partial charge is 0.313 e. The zero-order valence-corrected chi connectivity index (χ0v) is 10.7. The summed E-state index contributed by atoms with van der Waals surface area (Å²) in [5.74, 6) is -0.196. The number of nitrogens with one attached hydrogen (secondary N) is 1. The quantitative estimate of drug-likeness (QED) is 0.892. The molecule has 0 unspecified atom stereocenters. The van der Waals surface area contributed by atoms with Gasteiger partial charge in [0.05, 0.1) is 0 Å². The van der Waals surface area contributed by atoms with E-state index in [2.05, 4.69) is 10.3 Å². The molecule has 1 aromatic heterocycles. The van der Waals surface area contributed by atoms with Crippen LogP contribution in [0.5, 0.6) is 0 Å². The van der Waals surface area contributed by atoms with Crippen LogP contribution < -0.4 is 5.32 Å². The van der Waals surface area contributed by atoms with Gasteiger partial charge in [-0.25, -0.2) is 4.39 Å². The lowest BCUT2D eigenvalue weighted by Gasteiger charge is -2.07. The number of aromatic nitrogens is 1. The highest BCUT2D eigenvalue weighted by atomic mass is 19.1. The smallest absolute Gasteiger partial charge is 0.131 e. The molecule has 0 fully saturated rings. The van der Waals surface area contributed by atoms with E-state index in [0.717, 1.165) is 23.2 Å². The predicted molar refractivity (Wildman–Crippen MR) is 71.7 cm³/mol. The number of hydrogen-bond acceptors (Lipinski definition) is 2. The predicted octanol–water partition coefficient (Wildman–Crippen LogP) is 3.31. The zero-order valence-electron chi connectivity index (χ0n) is 10.7. The van der Waals surface area contributed by atoms with Crippen LogP contribution in [0.2, 0.25) is 0 Å². The van der Waals surface area contributed by atoms with Gasteiger partial charge in [0.25, 0.3) is 0 Å². The first-order valence-electron chi connectivity index (χ1n) is 6.12. The number of hydrogen-bond donors (Lipinski definition) is 1. The van der Waals surface area contributed by atoms with Crippen LogP contribution in [0.15, 0.2) is 36.7 Å². The number of halogens is 1. The van der Waals surface area contributed by atoms with E-state index < -0.39 is 0 Å². The number of nitrogens with zero attached hydrogens (tertiary/aromatic N) is 1. The van der Waals surface area contributed by atoms with Gasteiger partial charge in [-0.1, -0.05) is 19.1 Å². The third kappa shape index (κ3) is 2.93. The lowest BCUT2D eigenvalue weighted by Crippen LogP contribution is -2.11. The molecule has 18 heavy (non-hydrogen) atoms. The molecule has 3 heteroatoms. The summed E-state index contributed by atoms with van der Waals surface area (Å²) < 4.78 is 14.0. The maximum Gasteiger partial charge on any atom is 0.131 e. The van der Waals surface area contributed by atoms with Crippen molar-refractivity contribution >= 4 is 0 Å². The Bertz CT molecular complexity index is 538. The van der Waals surface area contributed by atoms with Crippen molar-refractivity contribution in [2.24, 2.45) is 0 Å². The van der Waals surface area contributed by atoms with Gasteiger partial charge in [-0.2, -0.15) is 0 Å². The molecule has 0 bridgehead atoms. The molecule has 0 atom stereocenters. The number of aryl methyl sites for hydroxylation is 1. The van der Waals surface area contributed by atoms with Crippen LogP contribution in [-0.2, 0) is 6.54 Å². The molecule has 0 aliphatic rings. The van der Waals surface area contributed by atoms with Crippen molar-refractivity contribution < 1.29 is 4.39 Å². The van der Waals surface area contributed by atoms with Crippen molar-refractivity contribution in [3.05, 3.63) is 53.6 Å². The fourth-order valence-electron chi connectivity index (χ4n) is 1.87. The lowest BCUT2D eigenvalue weighted by molar-refractivity contribution is 0.625. The monoisotopic (exact) mass is 244 g/mol. The SMILES string of the molecule is CCNCc1ccc(-c2cncc(C)c2)c(F)c1. The zero-order chi connectivity index (χ0) is 13.0. The van der Waals surface area contributed by atoms with Crippen molar-refractivity contribution in [1.29, 1.82) is 0 Å². The highest BCUT2D eigenvalue weighted by Gasteiger charge is 2.06. The van der Waals surface area contributed by atoms with Gasteiger partial charge in [-0.3, -0.25) is 4.98 Å². The number of benzene rings is 1. The molecule has 1 aromatic carbocycles. The standard InChI is InChI=1S/C15H17FN2/c1-3-17-9-12-4-5-14(15(16)7-12)13-6-11(2)8-18-10-13/h4-8,10,17H,3,9H2,1-2H3. The fourth-order valence-corrected chi connectivity index (χ4v) is 1.87. The molecule has 0 saturated carbocycles. The first-order chi connectivity index (χ1) is 8.70. The topological polar surface area (TPSA) is 24.9 Å². The van der Waals surface area contributed by atoms with Gasteiger partial charge in [-0.15, -0.1) is 0 Å². The normalized spacial score (nSPS) is 10.6. The van der Waals surface area contributed by atoms with Gasteiger partial charge in [0.1, 0.15) is 5.82 Å². The molecule has 0 radical (unpaired) electrons. The average molecular weight is 244 g/mol. The molecule has 0 amide bonds. The molecule has 2 aromatic rings. The summed E-state index contributed by atoms with van der Waals surface area (Å²) in [5.41, 5.74) is 3.41. The first kappa shape index (κ1) is 12.7. The van der Waals surface area contributed by atoms with E-state index in [1.165, 1.54) is 0 Å². The Hall–Kier alpha value is -1.74. The van der Waals surface area contributed by atoms with E-state index >= 15 is 0 Å². The highest BCUT2D eigenvalue weighted by Crippen LogP contribution is 2.23. The van der Waals surface area contributed by atoms with Crippen molar-refractivity contribution in [1.82, 2.24) is 10.3 Å². The molecule has 0 saturated heterocycles. The summed E-state index contributed by atoms with van der Waals surface area (Å²) in [4.78, 5) is 4.09. The molecule has 0 aliphatic heterocycles. The van der Waals surface area contributed by atoms with E-state index in [0.29, 0.717) is 12.1 Å². The second kappa shape index (κ2) is 5.74. The molecule has 0 aliphatic carbocycles. The van der Waals surface area contributed by atoms with Crippen LogP contribution in [0.25, 0.3) is 11.1 Å². The molecular weight excluding hydrogens is 227 g/mol. The minimum absolute atomic E-state index is 0.196. The maximum absolute atomic E-state index is 14.0. The van der Waals surface area contributed by atoms with Crippen LogP contribution in [0.4, 0.5) is 4.39 Å². The minimum atomic E-state index is -0.196. The van der Waals surface area contributed by atoms with Crippen LogP contribution in [0.1, 0.15) is 18.1 Å². The van der Waals surface area contributed by atoms with Crippen molar-refractivity contribution in [2.45, 2.75) is 20.4 Å². The van der Waals surface area contributed by atoms with E-state index in [-0.39, 0.29) is 5.82 Å². The van der Waals surface area contributed by atoms with Gasteiger partial charge in [0, 0.05) is 30.1 Å². The summed E-state index contributed by atoms with van der Waals surface area (Å²) in [5, 5.41) is 3.18. The minimum Gasteiger partial charge on any atom is -0.313 e. The third-order valence-electron chi connectivity index (χ3n) is 2.80. The van der Waals surface area contributed by atoms with Gasteiger partial charge < -0.3 is 5.32 Å². The van der Waals surface area contributed by atoms with Crippen molar-refractivity contribution in [2.75, 3.05) is 6.54 Å². The van der Waals surface area contributed by atoms with Crippen LogP contribution in [0, 0.1) is 12.7 Å². The van der Waals surface area contributed by atoms with Crippen LogP contribution in [0.3, 0.4) is 0 Å². The Morgan fingerprint density at radius 2 is 2.06 bits per heavy atom. The summed E-state index contributed by atoms with van der Waals surface area (Å²) in [6.45, 7) is 5.56. The summed E-state index contributed by atoms with van der Waals surface area (Å²) in [7, 11) is 0. The lowest BCUT2D eigenvalue weighted by atomic mass is 10.0. The Kier molecular flexibility index (Phi) is 4.05. The Morgan fingerprint density at radius 1 is 1.22 bits per heavy atom. The molecular formula is C15H17FN2. The Labute approximate surface area is 107 Å². The first-order valence-corrected chi connectivity index (χ1v) is 6.12. The van der Waals surface area contributed by atoms with E-state index in [9.17, 15) is 4.39 Å². The second-order valence-corrected chi connectivity index (χ2v) is 4.35. The number of rotatable bonds is 4. The summed E-state index contributed by atoms with van der Waals surface area (Å²) in [6.07, 6.45) is 3.45. The molecule has 1 N–H and O–H groups in total. The van der Waals surface area contributed by atoms with Gasteiger partial charge in [-0.05, 0) is 36.7 Å². The maximum atomic E-state index is 14.0. The highest BCUT2D eigenvalue weighted by molar-refractivity contribution is 5.64. The van der Waals surface area contributed by atoms with Crippen LogP contribution >= 0.6 is 0 Å². The van der Waals surface area contributed by atoms with Gasteiger partial charge >= 0.3 is 0 Å². The van der Waals surface area contributed by atoms with Crippen molar-refractivity contribution in [3.8, 4) is 11.1 Å². The second-order valence-electron chi connectivity index (χ2n) is 4.35.